The molecule has 6 aliphatic rings. The summed E-state index contributed by atoms with van der Waals surface area (Å²) in [6.45, 7) is 5.43. The highest BCUT2D eigenvalue weighted by Gasteiger charge is 2.51. The van der Waals surface area contributed by atoms with E-state index in [0.29, 0.717) is 17.6 Å². The van der Waals surface area contributed by atoms with Crippen molar-refractivity contribution < 1.29 is 9.90 Å². The zero-order valence-electron chi connectivity index (χ0n) is 25.3. The maximum atomic E-state index is 14.0. The van der Waals surface area contributed by atoms with Gasteiger partial charge in [-0.15, -0.1) is 0 Å². The van der Waals surface area contributed by atoms with Crippen LogP contribution < -0.4 is 25.3 Å². The van der Waals surface area contributed by atoms with E-state index in [4.69, 9.17) is 16.6 Å². The van der Waals surface area contributed by atoms with Gasteiger partial charge in [0.2, 0.25) is 0 Å². The molecule has 10 heteroatoms. The fourth-order valence-corrected chi connectivity index (χ4v) is 9.79. The molecule has 2 bridgehead atoms. The lowest BCUT2D eigenvalue weighted by Gasteiger charge is -2.49. The number of benzene rings is 2. The number of carbonyl (C=O) groups is 1. The third kappa shape index (κ3) is 3.91. The Bertz CT molecular complexity index is 1690. The maximum absolute atomic E-state index is 14.0. The molecule has 9 nitrogen and oxygen atoms in total. The van der Waals surface area contributed by atoms with Crippen LogP contribution in [0.4, 0.5) is 22.9 Å². The van der Waals surface area contributed by atoms with Crippen molar-refractivity contribution in [1.29, 1.82) is 0 Å². The van der Waals surface area contributed by atoms with Crippen molar-refractivity contribution in [3.63, 3.8) is 0 Å². The second-order valence-electron chi connectivity index (χ2n) is 13.9. The number of carbonyl (C=O) groups excluding carboxylic acids is 1. The van der Waals surface area contributed by atoms with Crippen molar-refractivity contribution in [3.05, 3.63) is 46.6 Å². The van der Waals surface area contributed by atoms with Gasteiger partial charge in [-0.05, 0) is 75.6 Å². The van der Waals surface area contributed by atoms with Crippen molar-refractivity contribution in [2.75, 3.05) is 59.8 Å². The van der Waals surface area contributed by atoms with E-state index in [2.05, 4.69) is 25.3 Å². The number of pyridine rings is 1. The van der Waals surface area contributed by atoms with E-state index in [0.717, 1.165) is 72.6 Å². The Labute approximate surface area is 263 Å². The quantitative estimate of drug-likeness (QED) is 0.397. The molecule has 7 heterocycles. The fraction of sp³-hybridized carbons (Fsp3) is 0.529. The second kappa shape index (κ2) is 9.86. The summed E-state index contributed by atoms with van der Waals surface area (Å²) in [6.07, 6.45) is 7.87. The summed E-state index contributed by atoms with van der Waals surface area (Å²) < 4.78 is 0. The van der Waals surface area contributed by atoms with Gasteiger partial charge >= 0.3 is 0 Å². The highest BCUT2D eigenvalue weighted by molar-refractivity contribution is 6.36. The topological polar surface area (TPSA) is 87.2 Å². The number of phenolic OH excluding ortho intramolecular Hbond substituents is 1. The molecule has 44 heavy (non-hydrogen) atoms. The molecule has 3 N–H and O–H groups in total. The van der Waals surface area contributed by atoms with Gasteiger partial charge in [0.25, 0.3) is 5.91 Å². The summed E-state index contributed by atoms with van der Waals surface area (Å²) in [5.74, 6) is 1.23. The Morgan fingerprint density at radius 3 is 2.82 bits per heavy atom. The van der Waals surface area contributed by atoms with E-state index in [9.17, 15) is 9.90 Å². The van der Waals surface area contributed by atoms with Gasteiger partial charge in [0.15, 0.2) is 5.82 Å². The summed E-state index contributed by atoms with van der Waals surface area (Å²) in [6, 6.07) is 9.86. The number of hydrogen-bond donors (Lipinski definition) is 3. The number of rotatable bonds is 4. The lowest BCUT2D eigenvalue weighted by atomic mass is 9.92. The van der Waals surface area contributed by atoms with Crippen molar-refractivity contribution >= 4 is 51.2 Å². The molecule has 9 rings (SSSR count). The van der Waals surface area contributed by atoms with Crippen LogP contribution in [0.2, 0.25) is 5.02 Å². The number of likely N-dealkylation sites (N-methyl/N-ethyl adjacent to an activating group) is 1. The molecule has 0 spiro atoms. The van der Waals surface area contributed by atoms with Crippen LogP contribution in [0.3, 0.4) is 0 Å². The second-order valence-corrected chi connectivity index (χ2v) is 14.3. The van der Waals surface area contributed by atoms with E-state index >= 15 is 0 Å². The molecule has 3 unspecified atom stereocenters. The standard InChI is InChI=1S/C34H40ClN7O2/c1-39-31-29(42-17-21-7-8-25(37-21)30(42)33(39)44)23-9-14-40(27-16-22(43)15-20-5-2-6-24(35)28(20)27)18-26(23)38-32(31)36-19-34-10-3-12-41(34)13-4-11-34/h2,5-6,15-16,21,25,30,37,43H,3-4,7-14,17-19H2,1H3,(H,36,38). The number of nitrogens with zero attached hydrogens (tertiary/aromatic N) is 5. The minimum absolute atomic E-state index is 0.167. The van der Waals surface area contributed by atoms with Crippen LogP contribution in [0, 0.1) is 0 Å². The molecule has 3 atom stereocenters. The van der Waals surface area contributed by atoms with Gasteiger partial charge in [-0.2, -0.15) is 0 Å². The zero-order valence-corrected chi connectivity index (χ0v) is 26.0. The van der Waals surface area contributed by atoms with Crippen molar-refractivity contribution in [2.45, 2.75) is 75.2 Å². The van der Waals surface area contributed by atoms with Gasteiger partial charge < -0.3 is 30.4 Å². The molecule has 4 saturated heterocycles. The molecular weight excluding hydrogens is 574 g/mol. The van der Waals surface area contributed by atoms with E-state index < -0.39 is 0 Å². The number of aromatic nitrogens is 1. The molecule has 0 aliphatic carbocycles. The molecule has 230 valence electrons. The van der Waals surface area contributed by atoms with Crippen LogP contribution in [0.1, 0.15) is 49.8 Å². The maximum Gasteiger partial charge on any atom is 0.251 e. The lowest BCUT2D eigenvalue weighted by Crippen LogP contribution is -2.66. The Morgan fingerprint density at radius 1 is 1.14 bits per heavy atom. The third-order valence-corrected chi connectivity index (χ3v) is 11.9. The molecule has 1 amide bonds. The van der Waals surface area contributed by atoms with Gasteiger partial charge in [-0.1, -0.05) is 23.7 Å². The smallest absolute Gasteiger partial charge is 0.251 e. The summed E-state index contributed by atoms with van der Waals surface area (Å²) in [4.78, 5) is 28.7. The Morgan fingerprint density at radius 2 is 1.98 bits per heavy atom. The highest BCUT2D eigenvalue weighted by Crippen LogP contribution is 2.49. The van der Waals surface area contributed by atoms with Gasteiger partial charge in [0.1, 0.15) is 17.5 Å². The van der Waals surface area contributed by atoms with Crippen LogP contribution in [0.5, 0.6) is 5.75 Å². The average Bonchev–Trinajstić information content (AvgIpc) is 3.71. The van der Waals surface area contributed by atoms with E-state index in [1.165, 1.54) is 50.0 Å². The predicted octanol–water partition coefficient (Wildman–Crippen LogP) is 4.48. The molecule has 3 aromatic rings. The van der Waals surface area contributed by atoms with Crippen LogP contribution >= 0.6 is 11.6 Å². The van der Waals surface area contributed by atoms with Crippen LogP contribution in [-0.4, -0.2) is 84.3 Å². The Hall–Kier alpha value is -3.27. The number of anilines is 4. The molecule has 2 aromatic carbocycles. The number of fused-ring (bicyclic) bond motifs is 10. The molecule has 0 saturated carbocycles. The number of aromatic hydroxyl groups is 1. The molecular formula is C34H40ClN7O2. The molecule has 1 aromatic heterocycles. The molecule has 0 radical (unpaired) electrons. The van der Waals surface area contributed by atoms with E-state index in [1.807, 2.05) is 36.2 Å². The number of halogens is 1. The van der Waals surface area contributed by atoms with Gasteiger partial charge in [-0.25, -0.2) is 4.98 Å². The highest BCUT2D eigenvalue weighted by atomic mass is 35.5. The lowest BCUT2D eigenvalue weighted by molar-refractivity contribution is -0.120. The normalized spacial score (nSPS) is 27.0. The number of phenols is 1. The Balaban J connectivity index is 1.16. The van der Waals surface area contributed by atoms with E-state index in [1.54, 1.807) is 6.07 Å². The van der Waals surface area contributed by atoms with Crippen LogP contribution in [0.25, 0.3) is 10.8 Å². The van der Waals surface area contributed by atoms with Crippen LogP contribution in [0.15, 0.2) is 30.3 Å². The summed E-state index contributed by atoms with van der Waals surface area (Å²) in [5.41, 5.74) is 5.56. The summed E-state index contributed by atoms with van der Waals surface area (Å²) in [7, 11) is 1.95. The van der Waals surface area contributed by atoms with Crippen LogP contribution in [-0.2, 0) is 17.8 Å². The predicted molar refractivity (Wildman–Crippen MR) is 175 cm³/mol. The number of hydrogen-bond acceptors (Lipinski definition) is 8. The van der Waals surface area contributed by atoms with Crippen molar-refractivity contribution in [3.8, 4) is 5.75 Å². The molecule has 6 aliphatic heterocycles. The minimum Gasteiger partial charge on any atom is -0.508 e. The minimum atomic E-state index is -0.184. The summed E-state index contributed by atoms with van der Waals surface area (Å²) >= 11 is 6.75. The largest absolute Gasteiger partial charge is 0.508 e. The van der Waals surface area contributed by atoms with E-state index in [-0.39, 0.29) is 29.3 Å². The Kier molecular flexibility index (Phi) is 6.07. The fourth-order valence-electron chi connectivity index (χ4n) is 9.52. The monoisotopic (exact) mass is 613 g/mol. The zero-order chi connectivity index (χ0) is 29.7. The van der Waals surface area contributed by atoms with Gasteiger partial charge in [-0.3, -0.25) is 9.69 Å². The van der Waals surface area contributed by atoms with Crippen molar-refractivity contribution in [2.24, 2.45) is 0 Å². The first kappa shape index (κ1) is 27.1. The summed E-state index contributed by atoms with van der Waals surface area (Å²) in [5, 5.41) is 20.8. The van der Waals surface area contributed by atoms with Crippen molar-refractivity contribution in [1.82, 2.24) is 15.2 Å². The average molecular weight is 614 g/mol. The molecule has 4 fully saturated rings. The number of nitrogens with one attached hydrogen (secondary N) is 2. The number of piperazine rings is 1. The first-order valence-electron chi connectivity index (χ1n) is 16.4. The SMILES string of the molecule is CN1C(=O)C2C3CCC(CN2c2c4c(nc(NCC56CCCN5CCC6)c21)CN(c1cc(O)cc2cccc(Cl)c12)CC4)N3. The first-order chi connectivity index (χ1) is 21.4. The van der Waals surface area contributed by atoms with Gasteiger partial charge in [0.05, 0.1) is 28.6 Å². The number of amides is 1. The van der Waals surface area contributed by atoms with Gasteiger partial charge in [0, 0.05) is 61.3 Å². The first-order valence-corrected chi connectivity index (χ1v) is 16.8. The third-order valence-electron chi connectivity index (χ3n) is 11.5.